The summed E-state index contributed by atoms with van der Waals surface area (Å²) in [6.45, 7) is 4.21. The third kappa shape index (κ3) is 3.58. The molecule has 16 heavy (non-hydrogen) atoms. The maximum absolute atomic E-state index is 5.33. The molecule has 0 saturated carbocycles. The van der Waals surface area contributed by atoms with E-state index in [-0.39, 0.29) is 6.10 Å². The van der Waals surface area contributed by atoms with E-state index in [4.69, 9.17) is 4.74 Å². The third-order valence-corrected chi connectivity index (χ3v) is 3.03. The molecule has 0 amide bonds. The summed E-state index contributed by atoms with van der Waals surface area (Å²) in [4.78, 5) is 4.46. The second kappa shape index (κ2) is 6.61. The largest absolute Gasteiger partial charge is 0.380 e. The first-order chi connectivity index (χ1) is 7.71. The molecule has 0 aromatic carbocycles. The van der Waals surface area contributed by atoms with Crippen molar-refractivity contribution in [3.8, 4) is 0 Å². The normalized spacial score (nSPS) is 14.8. The van der Waals surface area contributed by atoms with Crippen LogP contribution in [0.4, 0.5) is 0 Å². The van der Waals surface area contributed by atoms with Gasteiger partial charge in [0.2, 0.25) is 0 Å². The van der Waals surface area contributed by atoms with E-state index in [1.54, 1.807) is 7.11 Å². The maximum atomic E-state index is 5.33. The number of nitrogens with zero attached hydrogens (tertiary/aromatic N) is 1. The van der Waals surface area contributed by atoms with Crippen molar-refractivity contribution < 1.29 is 4.74 Å². The summed E-state index contributed by atoms with van der Waals surface area (Å²) in [5.41, 5.74) is 2.39. The monoisotopic (exact) mass is 222 g/mol. The zero-order chi connectivity index (χ0) is 12.0. The lowest BCUT2D eigenvalue weighted by molar-refractivity contribution is 0.0854. The van der Waals surface area contributed by atoms with Gasteiger partial charge in [-0.25, -0.2) is 0 Å². The smallest absolute Gasteiger partial charge is 0.0699 e. The Hall–Kier alpha value is -0.930. The molecule has 0 aliphatic carbocycles. The van der Waals surface area contributed by atoms with E-state index in [2.05, 4.69) is 36.3 Å². The molecule has 3 nitrogen and oxygen atoms in total. The summed E-state index contributed by atoms with van der Waals surface area (Å²) in [5, 5.41) is 3.26. The predicted molar refractivity (Wildman–Crippen MR) is 66.6 cm³/mol. The van der Waals surface area contributed by atoms with Gasteiger partial charge in [-0.1, -0.05) is 13.0 Å². The topological polar surface area (TPSA) is 34.1 Å². The van der Waals surface area contributed by atoms with Crippen LogP contribution in [0.5, 0.6) is 0 Å². The number of ether oxygens (including phenoxy) is 1. The summed E-state index contributed by atoms with van der Waals surface area (Å²) in [7, 11) is 3.70. The molecule has 1 rings (SSSR count). The number of hydrogen-bond acceptors (Lipinski definition) is 3. The highest BCUT2D eigenvalue weighted by Crippen LogP contribution is 2.07. The van der Waals surface area contributed by atoms with Crippen molar-refractivity contribution >= 4 is 0 Å². The quantitative estimate of drug-likeness (QED) is 0.797. The summed E-state index contributed by atoms with van der Waals surface area (Å²) in [5.74, 6) is 0. The molecule has 3 heteroatoms. The van der Waals surface area contributed by atoms with Crippen molar-refractivity contribution in [3.63, 3.8) is 0 Å². The van der Waals surface area contributed by atoms with Crippen LogP contribution in [0.3, 0.4) is 0 Å². The highest BCUT2D eigenvalue weighted by Gasteiger charge is 2.15. The van der Waals surface area contributed by atoms with Gasteiger partial charge >= 0.3 is 0 Å². The average molecular weight is 222 g/mol. The van der Waals surface area contributed by atoms with Crippen LogP contribution in [-0.2, 0) is 17.6 Å². The van der Waals surface area contributed by atoms with Gasteiger partial charge < -0.3 is 10.1 Å². The first-order valence-corrected chi connectivity index (χ1v) is 5.85. The molecule has 0 radical (unpaired) electrons. The van der Waals surface area contributed by atoms with Crippen molar-refractivity contribution in [2.75, 3.05) is 14.2 Å². The van der Waals surface area contributed by atoms with Crippen LogP contribution in [0, 0.1) is 0 Å². The van der Waals surface area contributed by atoms with E-state index in [1.807, 2.05) is 13.2 Å². The Bertz CT molecular complexity index is 297. The lowest BCUT2D eigenvalue weighted by Crippen LogP contribution is -2.39. The van der Waals surface area contributed by atoms with Gasteiger partial charge in [0.05, 0.1) is 6.10 Å². The lowest BCUT2D eigenvalue weighted by Gasteiger charge is -2.21. The summed E-state index contributed by atoms with van der Waals surface area (Å²) in [6, 6.07) is 4.56. The summed E-state index contributed by atoms with van der Waals surface area (Å²) >= 11 is 0. The maximum Gasteiger partial charge on any atom is 0.0699 e. The fourth-order valence-corrected chi connectivity index (χ4v) is 1.68. The van der Waals surface area contributed by atoms with Gasteiger partial charge in [-0.05, 0) is 32.0 Å². The zero-order valence-corrected chi connectivity index (χ0v) is 10.7. The van der Waals surface area contributed by atoms with E-state index in [0.717, 1.165) is 18.5 Å². The Morgan fingerprint density at radius 3 is 2.62 bits per heavy atom. The van der Waals surface area contributed by atoms with Crippen LogP contribution >= 0.6 is 0 Å². The molecule has 0 aliphatic rings. The molecule has 1 aromatic heterocycles. The number of methoxy groups -OCH3 is 1. The fraction of sp³-hybridized carbons (Fsp3) is 0.615. The molecular weight excluding hydrogens is 200 g/mol. The van der Waals surface area contributed by atoms with Crippen LogP contribution in [0.2, 0.25) is 0 Å². The van der Waals surface area contributed by atoms with Gasteiger partial charge in [-0.3, -0.25) is 4.98 Å². The van der Waals surface area contributed by atoms with Gasteiger partial charge in [-0.2, -0.15) is 0 Å². The number of likely N-dealkylation sites (N-methyl/N-ethyl adjacent to an activating group) is 1. The number of pyridine rings is 1. The van der Waals surface area contributed by atoms with Gasteiger partial charge in [-0.15, -0.1) is 0 Å². The van der Waals surface area contributed by atoms with Crippen molar-refractivity contribution in [2.45, 2.75) is 38.8 Å². The zero-order valence-electron chi connectivity index (χ0n) is 10.7. The minimum atomic E-state index is 0.192. The molecule has 0 fully saturated rings. The van der Waals surface area contributed by atoms with Crippen LogP contribution in [0.25, 0.3) is 0 Å². The second-order valence-corrected chi connectivity index (χ2v) is 4.05. The molecule has 0 aliphatic heterocycles. The van der Waals surface area contributed by atoms with Crippen LogP contribution in [0.1, 0.15) is 25.1 Å². The molecule has 1 N–H and O–H groups in total. The van der Waals surface area contributed by atoms with Gasteiger partial charge in [0.1, 0.15) is 0 Å². The molecule has 1 aromatic rings. The third-order valence-electron chi connectivity index (χ3n) is 3.03. The van der Waals surface area contributed by atoms with E-state index in [9.17, 15) is 0 Å². The van der Waals surface area contributed by atoms with E-state index >= 15 is 0 Å². The minimum Gasteiger partial charge on any atom is -0.380 e. The number of nitrogens with one attached hydrogen (secondary N) is 1. The molecule has 2 atom stereocenters. The van der Waals surface area contributed by atoms with Crippen molar-refractivity contribution in [1.29, 1.82) is 0 Å². The van der Waals surface area contributed by atoms with Crippen molar-refractivity contribution in [2.24, 2.45) is 0 Å². The van der Waals surface area contributed by atoms with Gasteiger partial charge in [0, 0.05) is 31.5 Å². The summed E-state index contributed by atoms with van der Waals surface area (Å²) < 4.78 is 5.33. The lowest BCUT2D eigenvalue weighted by atomic mass is 10.1. The standard InChI is InChI=1S/C13H22N2O/c1-5-11-6-7-12(15-9-11)8-13(14-3)10(2)16-4/h6-7,9-10,13-14H,5,8H2,1-4H3. The Balaban J connectivity index is 2.63. The Morgan fingerprint density at radius 1 is 1.44 bits per heavy atom. The first kappa shape index (κ1) is 13.1. The first-order valence-electron chi connectivity index (χ1n) is 5.85. The van der Waals surface area contributed by atoms with E-state index in [1.165, 1.54) is 5.56 Å². The predicted octanol–water partition coefficient (Wildman–Crippen LogP) is 1.81. The Kier molecular flexibility index (Phi) is 5.43. The van der Waals surface area contributed by atoms with Crippen molar-refractivity contribution in [1.82, 2.24) is 10.3 Å². The Labute approximate surface area is 98.2 Å². The molecule has 0 saturated heterocycles. The molecule has 0 bridgehead atoms. The molecular formula is C13H22N2O. The van der Waals surface area contributed by atoms with Crippen LogP contribution in [0.15, 0.2) is 18.3 Å². The van der Waals surface area contributed by atoms with E-state index < -0.39 is 0 Å². The summed E-state index contributed by atoms with van der Waals surface area (Å²) in [6.07, 6.45) is 4.09. The Morgan fingerprint density at radius 2 is 2.19 bits per heavy atom. The molecule has 0 spiro atoms. The number of hydrogen-bond donors (Lipinski definition) is 1. The van der Waals surface area contributed by atoms with Crippen LogP contribution < -0.4 is 5.32 Å². The molecule has 1 heterocycles. The SMILES string of the molecule is CCc1ccc(CC(NC)C(C)OC)nc1. The van der Waals surface area contributed by atoms with Gasteiger partial charge in [0.25, 0.3) is 0 Å². The molecule has 2 unspecified atom stereocenters. The van der Waals surface area contributed by atoms with Crippen LogP contribution in [-0.4, -0.2) is 31.3 Å². The average Bonchev–Trinajstić information content (AvgIpc) is 2.35. The molecule has 90 valence electrons. The highest BCUT2D eigenvalue weighted by molar-refractivity contribution is 5.14. The number of aromatic nitrogens is 1. The minimum absolute atomic E-state index is 0.192. The second-order valence-electron chi connectivity index (χ2n) is 4.05. The van der Waals surface area contributed by atoms with E-state index in [0.29, 0.717) is 6.04 Å². The van der Waals surface area contributed by atoms with Crippen molar-refractivity contribution in [3.05, 3.63) is 29.6 Å². The fourth-order valence-electron chi connectivity index (χ4n) is 1.68. The number of rotatable bonds is 6. The number of aryl methyl sites for hydroxylation is 1. The van der Waals surface area contributed by atoms with Gasteiger partial charge in [0.15, 0.2) is 0 Å². The highest BCUT2D eigenvalue weighted by atomic mass is 16.5.